The standard InChI is InChI=1S/C17H13ClN4O2S/c1-9-5-10(2)22-16(19-9)20-17(21-22)25-8-12-7-14(23)13-6-11(18)3-4-15(13)24-12/h3-7H,8H2,1-2H3. The van der Waals surface area contributed by atoms with Crippen molar-refractivity contribution in [3.8, 4) is 0 Å². The fraction of sp³-hybridized carbons (Fsp3) is 0.176. The average molecular weight is 373 g/mol. The largest absolute Gasteiger partial charge is 0.460 e. The molecule has 4 aromatic rings. The fourth-order valence-electron chi connectivity index (χ4n) is 2.59. The zero-order valence-electron chi connectivity index (χ0n) is 13.5. The molecule has 0 unspecified atom stereocenters. The van der Waals surface area contributed by atoms with E-state index in [1.165, 1.54) is 17.8 Å². The smallest absolute Gasteiger partial charge is 0.253 e. The van der Waals surface area contributed by atoms with Crippen LogP contribution in [0.1, 0.15) is 17.1 Å². The molecule has 126 valence electrons. The first-order valence-electron chi connectivity index (χ1n) is 7.56. The molecule has 0 N–H and O–H groups in total. The zero-order chi connectivity index (χ0) is 17.6. The van der Waals surface area contributed by atoms with Gasteiger partial charge in [-0.3, -0.25) is 4.79 Å². The number of thioether (sulfide) groups is 1. The van der Waals surface area contributed by atoms with Crippen LogP contribution in [0, 0.1) is 13.8 Å². The van der Waals surface area contributed by atoms with Crippen molar-refractivity contribution in [3.05, 3.63) is 62.7 Å². The molecule has 0 spiro atoms. The van der Waals surface area contributed by atoms with Crippen LogP contribution in [-0.4, -0.2) is 19.6 Å². The summed E-state index contributed by atoms with van der Waals surface area (Å²) in [6.07, 6.45) is 0. The lowest BCUT2D eigenvalue weighted by Crippen LogP contribution is -2.01. The lowest BCUT2D eigenvalue weighted by Gasteiger charge is -2.01. The lowest BCUT2D eigenvalue weighted by atomic mass is 10.2. The summed E-state index contributed by atoms with van der Waals surface area (Å²) >= 11 is 7.32. The molecule has 0 saturated heterocycles. The van der Waals surface area contributed by atoms with E-state index in [0.717, 1.165) is 11.4 Å². The molecule has 0 aliphatic heterocycles. The summed E-state index contributed by atoms with van der Waals surface area (Å²) in [6, 6.07) is 8.44. The molecule has 3 heterocycles. The first-order chi connectivity index (χ1) is 12.0. The maximum Gasteiger partial charge on any atom is 0.253 e. The third-order valence-corrected chi connectivity index (χ3v) is 4.78. The van der Waals surface area contributed by atoms with E-state index in [9.17, 15) is 4.79 Å². The molecule has 3 aromatic heterocycles. The van der Waals surface area contributed by atoms with Crippen molar-refractivity contribution in [1.29, 1.82) is 0 Å². The number of rotatable bonds is 3. The maximum absolute atomic E-state index is 12.2. The van der Waals surface area contributed by atoms with E-state index < -0.39 is 0 Å². The highest BCUT2D eigenvalue weighted by Crippen LogP contribution is 2.23. The molecule has 0 aliphatic carbocycles. The van der Waals surface area contributed by atoms with Gasteiger partial charge in [0.05, 0.1) is 11.1 Å². The Morgan fingerprint density at radius 3 is 2.88 bits per heavy atom. The molecular weight excluding hydrogens is 360 g/mol. The quantitative estimate of drug-likeness (QED) is 0.509. The molecule has 6 nitrogen and oxygen atoms in total. The van der Waals surface area contributed by atoms with Crippen molar-refractivity contribution in [1.82, 2.24) is 19.6 Å². The van der Waals surface area contributed by atoms with Crippen LogP contribution in [0.25, 0.3) is 16.7 Å². The van der Waals surface area contributed by atoms with Gasteiger partial charge in [-0.05, 0) is 38.1 Å². The number of nitrogens with zero attached hydrogens (tertiary/aromatic N) is 4. The maximum atomic E-state index is 12.2. The molecule has 8 heteroatoms. The van der Waals surface area contributed by atoms with Crippen molar-refractivity contribution >= 4 is 40.1 Å². The van der Waals surface area contributed by atoms with Gasteiger partial charge in [0.1, 0.15) is 11.3 Å². The Kier molecular flexibility index (Phi) is 3.97. The van der Waals surface area contributed by atoms with Crippen LogP contribution in [0.4, 0.5) is 0 Å². The van der Waals surface area contributed by atoms with Crippen molar-refractivity contribution < 1.29 is 4.42 Å². The van der Waals surface area contributed by atoms with E-state index in [4.69, 9.17) is 16.0 Å². The van der Waals surface area contributed by atoms with Gasteiger partial charge in [0.2, 0.25) is 5.16 Å². The number of hydrogen-bond donors (Lipinski definition) is 0. The second kappa shape index (κ2) is 6.16. The van der Waals surface area contributed by atoms with Gasteiger partial charge < -0.3 is 4.42 Å². The Hall–Kier alpha value is -2.38. The molecular formula is C17H13ClN4O2S. The highest BCUT2D eigenvalue weighted by atomic mass is 35.5. The fourth-order valence-corrected chi connectivity index (χ4v) is 3.47. The SMILES string of the molecule is Cc1cc(C)n2nc(SCc3cc(=O)c4cc(Cl)ccc4o3)nc2n1. The minimum atomic E-state index is -0.115. The molecule has 0 amide bonds. The van der Waals surface area contributed by atoms with Crippen LogP contribution in [-0.2, 0) is 5.75 Å². The molecule has 4 rings (SSSR count). The number of hydrogen-bond acceptors (Lipinski definition) is 6. The molecule has 0 saturated carbocycles. The predicted molar refractivity (Wildman–Crippen MR) is 97.3 cm³/mol. The number of fused-ring (bicyclic) bond motifs is 2. The third kappa shape index (κ3) is 3.12. The topological polar surface area (TPSA) is 73.3 Å². The van der Waals surface area contributed by atoms with E-state index in [0.29, 0.717) is 38.4 Å². The van der Waals surface area contributed by atoms with Crippen molar-refractivity contribution in [2.75, 3.05) is 0 Å². The summed E-state index contributed by atoms with van der Waals surface area (Å²) in [5, 5.41) is 6.00. The summed E-state index contributed by atoms with van der Waals surface area (Å²) in [4.78, 5) is 21.0. The van der Waals surface area contributed by atoms with Crippen molar-refractivity contribution in [2.45, 2.75) is 24.8 Å². The Labute approximate surface area is 151 Å². The van der Waals surface area contributed by atoms with Gasteiger partial charge in [-0.15, -0.1) is 5.10 Å². The molecule has 0 aliphatic rings. The van der Waals surface area contributed by atoms with Crippen molar-refractivity contribution in [3.63, 3.8) is 0 Å². The van der Waals surface area contributed by atoms with Crippen LogP contribution in [0.5, 0.6) is 0 Å². The van der Waals surface area contributed by atoms with Gasteiger partial charge in [0, 0.05) is 22.5 Å². The number of benzene rings is 1. The van der Waals surface area contributed by atoms with Gasteiger partial charge >= 0.3 is 0 Å². The van der Waals surface area contributed by atoms with Gasteiger partial charge in [0.15, 0.2) is 5.43 Å². The first kappa shape index (κ1) is 16.1. The molecule has 0 fully saturated rings. The van der Waals surface area contributed by atoms with E-state index >= 15 is 0 Å². The Morgan fingerprint density at radius 1 is 1.20 bits per heavy atom. The normalized spacial score (nSPS) is 11.5. The highest BCUT2D eigenvalue weighted by molar-refractivity contribution is 7.98. The molecule has 1 aromatic carbocycles. The molecule has 0 atom stereocenters. The Bertz CT molecular complexity index is 1170. The van der Waals surface area contributed by atoms with E-state index in [-0.39, 0.29) is 5.43 Å². The van der Waals surface area contributed by atoms with Gasteiger partial charge in [0.25, 0.3) is 5.78 Å². The van der Waals surface area contributed by atoms with Crippen molar-refractivity contribution in [2.24, 2.45) is 0 Å². The average Bonchev–Trinajstić information content (AvgIpc) is 2.97. The van der Waals surface area contributed by atoms with Crippen LogP contribution < -0.4 is 5.43 Å². The molecule has 25 heavy (non-hydrogen) atoms. The highest BCUT2D eigenvalue weighted by Gasteiger charge is 2.11. The number of aryl methyl sites for hydroxylation is 2. The second-order valence-electron chi connectivity index (χ2n) is 5.65. The van der Waals surface area contributed by atoms with E-state index in [1.54, 1.807) is 22.7 Å². The van der Waals surface area contributed by atoms with E-state index in [1.807, 2.05) is 19.9 Å². The van der Waals surface area contributed by atoms with Crippen LogP contribution >= 0.6 is 23.4 Å². The Balaban J connectivity index is 1.63. The minimum Gasteiger partial charge on any atom is -0.460 e. The predicted octanol–water partition coefficient (Wildman–Crippen LogP) is 3.79. The molecule has 0 bridgehead atoms. The van der Waals surface area contributed by atoms with Gasteiger partial charge in [-0.25, -0.2) is 9.50 Å². The minimum absolute atomic E-state index is 0.115. The van der Waals surface area contributed by atoms with Gasteiger partial charge in [-0.2, -0.15) is 4.98 Å². The lowest BCUT2D eigenvalue weighted by molar-refractivity contribution is 0.560. The summed E-state index contributed by atoms with van der Waals surface area (Å²) < 4.78 is 7.48. The summed E-state index contributed by atoms with van der Waals surface area (Å²) in [6.45, 7) is 3.88. The van der Waals surface area contributed by atoms with Crippen LogP contribution in [0.3, 0.4) is 0 Å². The Morgan fingerprint density at radius 2 is 2.04 bits per heavy atom. The molecule has 0 radical (unpaired) electrons. The summed E-state index contributed by atoms with van der Waals surface area (Å²) in [7, 11) is 0. The second-order valence-corrected chi connectivity index (χ2v) is 7.03. The zero-order valence-corrected chi connectivity index (χ0v) is 15.1. The first-order valence-corrected chi connectivity index (χ1v) is 8.92. The van der Waals surface area contributed by atoms with E-state index in [2.05, 4.69) is 15.1 Å². The van der Waals surface area contributed by atoms with Crippen LogP contribution in [0.2, 0.25) is 5.02 Å². The number of halogens is 1. The summed E-state index contributed by atoms with van der Waals surface area (Å²) in [5.74, 6) is 1.57. The monoisotopic (exact) mass is 372 g/mol. The number of aromatic nitrogens is 4. The summed E-state index contributed by atoms with van der Waals surface area (Å²) in [5.41, 5.74) is 2.27. The van der Waals surface area contributed by atoms with Crippen LogP contribution in [0.15, 0.2) is 44.7 Å². The third-order valence-electron chi connectivity index (χ3n) is 3.68. The van der Waals surface area contributed by atoms with Gasteiger partial charge in [-0.1, -0.05) is 23.4 Å².